The van der Waals surface area contributed by atoms with Crippen LogP contribution in [0, 0.1) is 0 Å². The Morgan fingerprint density at radius 1 is 1.00 bits per heavy atom. The zero-order valence-corrected chi connectivity index (χ0v) is 6.49. The number of pyridine rings is 1. The first-order chi connectivity index (χ1) is 5.36. The highest BCUT2D eigenvalue weighted by Crippen LogP contribution is 2.08. The summed E-state index contributed by atoms with van der Waals surface area (Å²) in [6.07, 6.45) is 4.18. The fourth-order valence-electron chi connectivity index (χ4n) is 1.24. The Hall–Kier alpha value is -1.37. The molecule has 0 N–H and O–H groups in total. The lowest BCUT2D eigenvalue weighted by Gasteiger charge is -1.92. The van der Waals surface area contributed by atoms with Crippen LogP contribution in [0.1, 0.15) is 0 Å². The van der Waals surface area contributed by atoms with E-state index in [1.807, 2.05) is 7.05 Å². The Labute approximate surface area is 65.9 Å². The Bertz CT molecular complexity index is 379. The molecule has 0 aliphatic heterocycles. The lowest BCUT2D eigenvalue weighted by atomic mass is 10.2. The van der Waals surface area contributed by atoms with Crippen LogP contribution in [-0.4, -0.2) is 0 Å². The van der Waals surface area contributed by atoms with Crippen molar-refractivity contribution in [3.05, 3.63) is 42.7 Å². The van der Waals surface area contributed by atoms with Gasteiger partial charge in [0.05, 0.1) is 0 Å². The van der Waals surface area contributed by atoms with Crippen molar-refractivity contribution in [1.29, 1.82) is 0 Å². The number of rotatable bonds is 0. The highest BCUT2D eigenvalue weighted by molar-refractivity contribution is 5.80. The minimum atomic E-state index is 1.29. The molecule has 1 aromatic heterocycles. The molecule has 0 radical (unpaired) electrons. The molecular weight excluding hydrogens is 134 g/mol. The lowest BCUT2D eigenvalue weighted by molar-refractivity contribution is -0.670. The van der Waals surface area contributed by atoms with Crippen LogP contribution >= 0.6 is 0 Å². The summed E-state index contributed by atoms with van der Waals surface area (Å²) in [4.78, 5) is 0. The van der Waals surface area contributed by atoms with Gasteiger partial charge in [-0.05, 0) is 11.5 Å². The summed E-state index contributed by atoms with van der Waals surface area (Å²) in [7, 11) is 2.03. The molecule has 1 heterocycles. The first-order valence-electron chi connectivity index (χ1n) is 3.70. The van der Waals surface area contributed by atoms with Crippen LogP contribution in [0.5, 0.6) is 0 Å². The zero-order valence-electron chi connectivity index (χ0n) is 6.49. The highest BCUT2D eigenvalue weighted by Gasteiger charge is 1.94. The van der Waals surface area contributed by atoms with Crippen molar-refractivity contribution in [3.63, 3.8) is 0 Å². The molecule has 1 nitrogen and oxygen atoms in total. The summed E-state index contributed by atoms with van der Waals surface area (Å²) in [6.45, 7) is 0. The molecule has 0 aliphatic carbocycles. The summed E-state index contributed by atoms with van der Waals surface area (Å²) in [6, 6.07) is 10.5. The molecule has 1 heteroatoms. The van der Waals surface area contributed by atoms with E-state index in [0.29, 0.717) is 0 Å². The third-order valence-corrected chi connectivity index (χ3v) is 1.83. The van der Waals surface area contributed by atoms with Gasteiger partial charge in [0.2, 0.25) is 0 Å². The van der Waals surface area contributed by atoms with Gasteiger partial charge in [0, 0.05) is 11.5 Å². The minimum Gasteiger partial charge on any atom is -0.207 e. The molecule has 2 aromatic rings. The predicted octanol–water partition coefficient (Wildman–Crippen LogP) is 1.66. The van der Waals surface area contributed by atoms with Crippen molar-refractivity contribution in [1.82, 2.24) is 0 Å². The molecule has 0 unspecified atom stereocenters. The van der Waals surface area contributed by atoms with E-state index in [0.717, 1.165) is 0 Å². The third kappa shape index (κ3) is 1.09. The van der Waals surface area contributed by atoms with Gasteiger partial charge in [-0.3, -0.25) is 0 Å². The maximum absolute atomic E-state index is 2.12. The van der Waals surface area contributed by atoms with Crippen molar-refractivity contribution >= 4 is 10.8 Å². The van der Waals surface area contributed by atoms with Gasteiger partial charge in [-0.25, -0.2) is 4.57 Å². The lowest BCUT2D eigenvalue weighted by Crippen LogP contribution is -2.25. The largest absolute Gasteiger partial charge is 0.207 e. The van der Waals surface area contributed by atoms with E-state index in [-0.39, 0.29) is 0 Å². The van der Waals surface area contributed by atoms with Crippen molar-refractivity contribution in [3.8, 4) is 0 Å². The average Bonchev–Trinajstić information content (AvgIpc) is 2.04. The minimum absolute atomic E-state index is 1.29. The number of fused-ring (bicyclic) bond motifs is 1. The van der Waals surface area contributed by atoms with Gasteiger partial charge in [0.15, 0.2) is 12.4 Å². The summed E-state index contributed by atoms with van der Waals surface area (Å²) in [5.74, 6) is 0. The number of nitrogens with zero attached hydrogens (tertiary/aromatic N) is 1. The smallest absolute Gasteiger partial charge is 0.176 e. The maximum atomic E-state index is 2.12. The van der Waals surface area contributed by atoms with E-state index >= 15 is 0 Å². The first kappa shape index (κ1) is 6.35. The Morgan fingerprint density at radius 2 is 1.73 bits per heavy atom. The molecular formula is C10H10N+. The molecule has 2 rings (SSSR count). The fourth-order valence-corrected chi connectivity index (χ4v) is 1.24. The van der Waals surface area contributed by atoms with Crippen LogP contribution in [0.15, 0.2) is 42.7 Å². The number of aryl methyl sites for hydroxylation is 1. The number of benzene rings is 1. The first-order valence-corrected chi connectivity index (χ1v) is 3.70. The van der Waals surface area contributed by atoms with Crippen molar-refractivity contribution in [2.75, 3.05) is 0 Å². The molecule has 54 valence electrons. The second-order valence-corrected chi connectivity index (χ2v) is 2.74. The van der Waals surface area contributed by atoms with Crippen LogP contribution in [0.3, 0.4) is 0 Å². The van der Waals surface area contributed by atoms with E-state index in [9.17, 15) is 0 Å². The Kier molecular flexibility index (Phi) is 1.35. The predicted molar refractivity (Wildman–Crippen MR) is 45.1 cm³/mol. The van der Waals surface area contributed by atoms with Crippen LogP contribution in [-0.2, 0) is 7.05 Å². The quantitative estimate of drug-likeness (QED) is 0.495. The second-order valence-electron chi connectivity index (χ2n) is 2.74. The molecule has 0 amide bonds. The van der Waals surface area contributed by atoms with Crippen molar-refractivity contribution < 1.29 is 4.57 Å². The van der Waals surface area contributed by atoms with E-state index in [4.69, 9.17) is 0 Å². The topological polar surface area (TPSA) is 3.88 Å². The molecule has 11 heavy (non-hydrogen) atoms. The molecule has 0 bridgehead atoms. The highest BCUT2D eigenvalue weighted by atomic mass is 14.9. The van der Waals surface area contributed by atoms with Crippen LogP contribution in [0.25, 0.3) is 10.8 Å². The number of hydrogen-bond acceptors (Lipinski definition) is 0. The van der Waals surface area contributed by atoms with Crippen molar-refractivity contribution in [2.24, 2.45) is 7.05 Å². The molecule has 0 atom stereocenters. The molecule has 0 spiro atoms. The van der Waals surface area contributed by atoms with Crippen LogP contribution in [0.2, 0.25) is 0 Å². The molecule has 0 aliphatic rings. The van der Waals surface area contributed by atoms with Gasteiger partial charge in [-0.15, -0.1) is 0 Å². The average molecular weight is 144 g/mol. The number of aromatic nitrogens is 1. The zero-order chi connectivity index (χ0) is 7.68. The van der Waals surface area contributed by atoms with Crippen LogP contribution in [0.4, 0.5) is 0 Å². The molecule has 0 fully saturated rings. The van der Waals surface area contributed by atoms with Crippen LogP contribution < -0.4 is 4.57 Å². The van der Waals surface area contributed by atoms with Gasteiger partial charge in [0.1, 0.15) is 7.05 Å². The van der Waals surface area contributed by atoms with E-state index < -0.39 is 0 Å². The molecule has 1 aromatic carbocycles. The molecule has 0 saturated carbocycles. The molecule has 0 saturated heterocycles. The standard InChI is InChI=1S/C10H10N/c1-11-7-6-9-4-2-3-5-10(9)8-11/h2-8H,1H3/q+1. The van der Waals surface area contributed by atoms with E-state index in [1.54, 1.807) is 0 Å². The second kappa shape index (κ2) is 2.35. The fraction of sp³-hybridized carbons (Fsp3) is 0.100. The van der Waals surface area contributed by atoms with Gasteiger partial charge in [-0.1, -0.05) is 18.2 Å². The van der Waals surface area contributed by atoms with Gasteiger partial charge >= 0.3 is 0 Å². The Balaban J connectivity index is 2.83. The SMILES string of the molecule is C[n+]1ccc2ccccc2c1. The van der Waals surface area contributed by atoms with Crippen molar-refractivity contribution in [2.45, 2.75) is 0 Å². The normalized spacial score (nSPS) is 10.3. The monoisotopic (exact) mass is 144 g/mol. The summed E-state index contributed by atoms with van der Waals surface area (Å²) < 4.78 is 2.06. The summed E-state index contributed by atoms with van der Waals surface area (Å²) in [5.41, 5.74) is 0. The third-order valence-electron chi connectivity index (χ3n) is 1.83. The summed E-state index contributed by atoms with van der Waals surface area (Å²) >= 11 is 0. The Morgan fingerprint density at radius 3 is 2.55 bits per heavy atom. The van der Waals surface area contributed by atoms with E-state index in [2.05, 4.69) is 47.3 Å². The number of hydrogen-bond donors (Lipinski definition) is 0. The maximum Gasteiger partial charge on any atom is 0.176 e. The van der Waals surface area contributed by atoms with Gasteiger partial charge in [0.25, 0.3) is 0 Å². The van der Waals surface area contributed by atoms with Gasteiger partial charge < -0.3 is 0 Å². The summed E-state index contributed by atoms with van der Waals surface area (Å²) in [5, 5.41) is 2.59. The van der Waals surface area contributed by atoms with E-state index in [1.165, 1.54) is 10.8 Å². The van der Waals surface area contributed by atoms with Gasteiger partial charge in [-0.2, -0.15) is 0 Å².